The van der Waals surface area contributed by atoms with E-state index in [1.165, 1.54) is 29.7 Å². The number of nitrogens with zero attached hydrogens (tertiary/aromatic N) is 1. The Morgan fingerprint density at radius 2 is 1.88 bits per heavy atom. The van der Waals surface area contributed by atoms with Crippen LogP contribution >= 0.6 is 0 Å². The summed E-state index contributed by atoms with van der Waals surface area (Å²) in [7, 11) is 4.24. The maximum absolute atomic E-state index is 3.42. The number of aryl methyl sites for hydroxylation is 1. The van der Waals surface area contributed by atoms with Gasteiger partial charge in [0, 0.05) is 19.8 Å². The smallest absolute Gasteiger partial charge is 0.0393 e. The second-order valence-corrected chi connectivity index (χ2v) is 4.96. The van der Waals surface area contributed by atoms with E-state index in [0.717, 1.165) is 19.0 Å². The number of piperidine rings is 1. The van der Waals surface area contributed by atoms with Crippen LogP contribution in [0.3, 0.4) is 0 Å². The van der Waals surface area contributed by atoms with E-state index in [4.69, 9.17) is 0 Å². The van der Waals surface area contributed by atoms with Crippen molar-refractivity contribution < 1.29 is 0 Å². The molecule has 88 valence electrons. The van der Waals surface area contributed by atoms with Crippen LogP contribution in [0, 0.1) is 6.92 Å². The molecular formula is C14H22N2. The van der Waals surface area contributed by atoms with Gasteiger partial charge in [0.05, 0.1) is 0 Å². The zero-order valence-corrected chi connectivity index (χ0v) is 10.6. The second-order valence-electron chi connectivity index (χ2n) is 4.96. The monoisotopic (exact) mass is 218 g/mol. The highest BCUT2D eigenvalue weighted by atomic mass is 15.1. The van der Waals surface area contributed by atoms with Gasteiger partial charge in [-0.05, 0) is 56.0 Å². The molecule has 1 aromatic rings. The van der Waals surface area contributed by atoms with E-state index < -0.39 is 0 Å². The molecule has 0 amide bonds. The predicted octanol–water partition coefficient (Wildman–Crippen LogP) is 2.53. The summed E-state index contributed by atoms with van der Waals surface area (Å²) in [6.07, 6.45) is 2.55. The first-order chi connectivity index (χ1) is 7.68. The third-order valence-electron chi connectivity index (χ3n) is 3.53. The lowest BCUT2D eigenvalue weighted by Gasteiger charge is -2.25. The molecule has 1 aliphatic rings. The Bertz CT molecular complexity index is 352. The molecule has 1 N–H and O–H groups in total. The van der Waals surface area contributed by atoms with Crippen LogP contribution in [-0.4, -0.2) is 27.2 Å². The van der Waals surface area contributed by atoms with Gasteiger partial charge in [0.25, 0.3) is 0 Å². The molecule has 1 heterocycles. The number of rotatable bonds is 2. The van der Waals surface area contributed by atoms with E-state index in [2.05, 4.69) is 49.4 Å². The second kappa shape index (κ2) is 4.88. The third kappa shape index (κ3) is 2.38. The zero-order valence-electron chi connectivity index (χ0n) is 10.6. The van der Waals surface area contributed by atoms with Crippen LogP contribution in [0.5, 0.6) is 0 Å². The van der Waals surface area contributed by atoms with E-state index in [9.17, 15) is 0 Å². The standard InChI is InChI=1S/C14H22N2/c1-11-4-5-13(10-14(11)16(2)3)12-6-8-15-9-7-12/h4-5,10,12,15H,6-9H2,1-3H3. The van der Waals surface area contributed by atoms with E-state index in [1.807, 2.05) is 0 Å². The Morgan fingerprint density at radius 3 is 2.50 bits per heavy atom. The van der Waals surface area contributed by atoms with Crippen molar-refractivity contribution in [2.24, 2.45) is 0 Å². The average Bonchev–Trinajstić information content (AvgIpc) is 2.30. The molecule has 2 nitrogen and oxygen atoms in total. The van der Waals surface area contributed by atoms with Gasteiger partial charge in [0.2, 0.25) is 0 Å². The summed E-state index contributed by atoms with van der Waals surface area (Å²) in [5.41, 5.74) is 4.23. The Labute approximate surface area is 98.7 Å². The van der Waals surface area contributed by atoms with Crippen molar-refractivity contribution in [3.63, 3.8) is 0 Å². The molecule has 1 saturated heterocycles. The van der Waals surface area contributed by atoms with Gasteiger partial charge in [-0.1, -0.05) is 12.1 Å². The Balaban J connectivity index is 2.24. The molecule has 0 saturated carbocycles. The van der Waals surface area contributed by atoms with E-state index >= 15 is 0 Å². The first-order valence-electron chi connectivity index (χ1n) is 6.17. The molecule has 0 aromatic heterocycles. The van der Waals surface area contributed by atoms with Crippen LogP contribution < -0.4 is 10.2 Å². The highest BCUT2D eigenvalue weighted by Gasteiger charge is 2.16. The van der Waals surface area contributed by atoms with Crippen molar-refractivity contribution in [2.75, 3.05) is 32.1 Å². The summed E-state index contributed by atoms with van der Waals surface area (Å²) in [6, 6.07) is 6.93. The topological polar surface area (TPSA) is 15.3 Å². The van der Waals surface area contributed by atoms with Crippen LogP contribution in [0.1, 0.15) is 29.9 Å². The number of hydrogen-bond acceptors (Lipinski definition) is 2. The fourth-order valence-corrected chi connectivity index (χ4v) is 2.52. The van der Waals surface area contributed by atoms with Crippen molar-refractivity contribution >= 4 is 5.69 Å². The van der Waals surface area contributed by atoms with Gasteiger partial charge in [-0.3, -0.25) is 0 Å². The van der Waals surface area contributed by atoms with Crippen LogP contribution in [0.2, 0.25) is 0 Å². The molecule has 16 heavy (non-hydrogen) atoms. The average molecular weight is 218 g/mol. The van der Waals surface area contributed by atoms with Gasteiger partial charge in [-0.15, -0.1) is 0 Å². The lowest BCUT2D eigenvalue weighted by molar-refractivity contribution is 0.460. The summed E-state index contributed by atoms with van der Waals surface area (Å²) in [4.78, 5) is 2.21. The van der Waals surface area contributed by atoms with Gasteiger partial charge >= 0.3 is 0 Å². The molecule has 0 spiro atoms. The number of nitrogens with one attached hydrogen (secondary N) is 1. The molecule has 0 unspecified atom stereocenters. The molecular weight excluding hydrogens is 196 g/mol. The Kier molecular flexibility index (Phi) is 3.49. The van der Waals surface area contributed by atoms with Crippen molar-refractivity contribution in [2.45, 2.75) is 25.7 Å². The SMILES string of the molecule is Cc1ccc(C2CCNCC2)cc1N(C)C. The molecule has 1 aromatic carbocycles. The normalized spacial score (nSPS) is 17.4. The fraction of sp³-hybridized carbons (Fsp3) is 0.571. The van der Waals surface area contributed by atoms with Crippen molar-refractivity contribution in [3.8, 4) is 0 Å². The highest BCUT2D eigenvalue weighted by Crippen LogP contribution is 2.29. The van der Waals surface area contributed by atoms with Gasteiger partial charge in [-0.2, -0.15) is 0 Å². The first-order valence-corrected chi connectivity index (χ1v) is 6.17. The summed E-state index contributed by atoms with van der Waals surface area (Å²) in [5.74, 6) is 0.751. The molecule has 0 bridgehead atoms. The quantitative estimate of drug-likeness (QED) is 0.820. The Morgan fingerprint density at radius 1 is 1.19 bits per heavy atom. The minimum Gasteiger partial charge on any atom is -0.377 e. The third-order valence-corrected chi connectivity index (χ3v) is 3.53. The van der Waals surface area contributed by atoms with E-state index in [0.29, 0.717) is 0 Å². The maximum Gasteiger partial charge on any atom is 0.0393 e. The first kappa shape index (κ1) is 11.5. The zero-order chi connectivity index (χ0) is 11.5. The van der Waals surface area contributed by atoms with Crippen LogP contribution in [0.25, 0.3) is 0 Å². The molecule has 1 aliphatic heterocycles. The fourth-order valence-electron chi connectivity index (χ4n) is 2.52. The van der Waals surface area contributed by atoms with E-state index in [-0.39, 0.29) is 0 Å². The summed E-state index contributed by atoms with van der Waals surface area (Å²) in [5, 5.41) is 3.42. The summed E-state index contributed by atoms with van der Waals surface area (Å²) >= 11 is 0. The molecule has 0 radical (unpaired) electrons. The summed E-state index contributed by atoms with van der Waals surface area (Å²) < 4.78 is 0. The summed E-state index contributed by atoms with van der Waals surface area (Å²) in [6.45, 7) is 4.51. The minimum absolute atomic E-state index is 0.751. The largest absolute Gasteiger partial charge is 0.377 e. The molecule has 0 aliphatic carbocycles. The molecule has 0 atom stereocenters. The highest BCUT2D eigenvalue weighted by molar-refractivity contribution is 5.54. The van der Waals surface area contributed by atoms with Crippen LogP contribution in [0.15, 0.2) is 18.2 Å². The van der Waals surface area contributed by atoms with Crippen molar-refractivity contribution in [1.82, 2.24) is 5.32 Å². The Hall–Kier alpha value is -1.02. The molecule has 2 heteroatoms. The lowest BCUT2D eigenvalue weighted by atomic mass is 9.89. The predicted molar refractivity (Wildman–Crippen MR) is 70.4 cm³/mol. The number of anilines is 1. The minimum atomic E-state index is 0.751. The number of hydrogen-bond donors (Lipinski definition) is 1. The number of benzene rings is 1. The maximum atomic E-state index is 3.42. The van der Waals surface area contributed by atoms with Crippen LogP contribution in [0.4, 0.5) is 5.69 Å². The van der Waals surface area contributed by atoms with Crippen LogP contribution in [-0.2, 0) is 0 Å². The van der Waals surface area contributed by atoms with Gasteiger partial charge in [0.15, 0.2) is 0 Å². The molecule has 2 rings (SSSR count). The van der Waals surface area contributed by atoms with Gasteiger partial charge in [0.1, 0.15) is 0 Å². The van der Waals surface area contributed by atoms with Gasteiger partial charge < -0.3 is 10.2 Å². The molecule has 1 fully saturated rings. The lowest BCUT2D eigenvalue weighted by Crippen LogP contribution is -2.26. The van der Waals surface area contributed by atoms with Gasteiger partial charge in [-0.25, -0.2) is 0 Å². The van der Waals surface area contributed by atoms with E-state index in [1.54, 1.807) is 0 Å². The van der Waals surface area contributed by atoms with Crippen molar-refractivity contribution in [1.29, 1.82) is 0 Å². The van der Waals surface area contributed by atoms with Crippen molar-refractivity contribution in [3.05, 3.63) is 29.3 Å².